The van der Waals surface area contributed by atoms with Crippen LogP contribution < -0.4 is 16.7 Å². The van der Waals surface area contributed by atoms with E-state index in [0.29, 0.717) is 17.9 Å². The average Bonchev–Trinajstić information content (AvgIpc) is 3.14. The van der Waals surface area contributed by atoms with Crippen LogP contribution in [-0.4, -0.2) is 51.5 Å². The molecule has 2 amide bonds. The van der Waals surface area contributed by atoms with Crippen LogP contribution >= 0.6 is 0 Å². The Morgan fingerprint density at radius 3 is 2.45 bits per heavy atom. The topological polar surface area (TPSA) is 102 Å². The predicted molar refractivity (Wildman–Crippen MR) is 148 cm³/mol. The summed E-state index contributed by atoms with van der Waals surface area (Å²) in [5, 5.41) is 2.40. The molecule has 2 aromatic rings. The van der Waals surface area contributed by atoms with Crippen molar-refractivity contribution >= 4 is 22.8 Å². The molecule has 8 nitrogen and oxygen atoms in total. The number of nitrogens with zero attached hydrogens (tertiary/aromatic N) is 3. The summed E-state index contributed by atoms with van der Waals surface area (Å²) in [6.07, 6.45) is 13.1. The zero-order valence-corrected chi connectivity index (χ0v) is 22.8. The molecular formula is C30H43N5O3. The Bertz CT molecular complexity index is 1250. The molecule has 4 fully saturated rings. The molecule has 1 aromatic heterocycles. The number of carbonyl (C=O) groups excluding carboxylic acids is 2. The first kappa shape index (κ1) is 25.8. The van der Waals surface area contributed by atoms with E-state index in [0.717, 1.165) is 35.7 Å². The van der Waals surface area contributed by atoms with Crippen molar-refractivity contribution in [2.24, 2.45) is 30.0 Å². The second kappa shape index (κ2) is 10.3. The van der Waals surface area contributed by atoms with Crippen LogP contribution in [0.3, 0.4) is 0 Å². The van der Waals surface area contributed by atoms with Crippen LogP contribution in [-0.2, 0) is 23.1 Å². The van der Waals surface area contributed by atoms with Crippen LogP contribution in [0.5, 0.6) is 0 Å². The van der Waals surface area contributed by atoms with Gasteiger partial charge < -0.3 is 10.6 Å². The van der Waals surface area contributed by atoms with Crippen LogP contribution in [0.2, 0.25) is 0 Å². The molecule has 2 aliphatic heterocycles. The van der Waals surface area contributed by atoms with Gasteiger partial charge in [-0.25, -0.2) is 4.79 Å². The third-order valence-corrected chi connectivity index (χ3v) is 10.3. The standard InChI is InChI=1S/C30H43N5O3/c1-33-27-22(3-2-4-24(27)35(29(33)38)25-11-12-26(36)32-28(25)37)8-5-21-17-30(18-21)13-15-34(16-14-30)19-20-6-9-23(31)10-7-20/h2-4,20-21,23,25H,5-19,31H2,1H3,(H,32,36,37). The highest BCUT2D eigenvalue weighted by Gasteiger charge is 2.45. The van der Waals surface area contributed by atoms with Gasteiger partial charge in [-0.3, -0.25) is 24.0 Å². The number of benzene rings is 1. The van der Waals surface area contributed by atoms with E-state index in [1.165, 1.54) is 76.6 Å². The van der Waals surface area contributed by atoms with Crippen LogP contribution in [0.25, 0.3) is 11.0 Å². The molecular weight excluding hydrogens is 478 g/mol. The lowest BCUT2D eigenvalue weighted by Crippen LogP contribution is -2.48. The molecule has 8 heteroatoms. The number of imidazole rings is 1. The van der Waals surface area contributed by atoms with E-state index in [4.69, 9.17) is 5.73 Å². The Balaban J connectivity index is 1.05. The molecule has 206 valence electrons. The molecule has 2 saturated carbocycles. The number of amides is 2. The Morgan fingerprint density at radius 2 is 1.74 bits per heavy atom. The SMILES string of the molecule is Cn1c(=O)n(C2CCC(=O)NC2=O)c2cccc(CCC3CC4(CCN(CC5CCC(N)CC5)CC4)C3)c21. The summed E-state index contributed by atoms with van der Waals surface area (Å²) in [4.78, 5) is 40.1. The largest absolute Gasteiger partial charge is 0.329 e. The minimum atomic E-state index is -0.632. The molecule has 2 saturated heterocycles. The summed E-state index contributed by atoms with van der Waals surface area (Å²) in [6.45, 7) is 3.78. The second-order valence-corrected chi connectivity index (χ2v) is 12.9. The van der Waals surface area contributed by atoms with Gasteiger partial charge in [0.25, 0.3) is 0 Å². The minimum absolute atomic E-state index is 0.188. The molecule has 4 aliphatic rings. The molecule has 38 heavy (non-hydrogen) atoms. The normalized spacial score (nSPS) is 28.5. The highest BCUT2D eigenvalue weighted by Crippen LogP contribution is 2.54. The van der Waals surface area contributed by atoms with Crippen molar-refractivity contribution in [3.05, 3.63) is 34.2 Å². The fraction of sp³-hybridized carbons (Fsp3) is 0.700. The maximum Gasteiger partial charge on any atom is 0.329 e. The van der Waals surface area contributed by atoms with Gasteiger partial charge in [-0.15, -0.1) is 0 Å². The first-order valence-electron chi connectivity index (χ1n) is 14.8. The van der Waals surface area contributed by atoms with Crippen LogP contribution in [0, 0.1) is 17.3 Å². The zero-order valence-electron chi connectivity index (χ0n) is 22.8. The lowest BCUT2D eigenvalue weighted by atomic mass is 9.56. The van der Waals surface area contributed by atoms with Gasteiger partial charge in [0.15, 0.2) is 0 Å². The second-order valence-electron chi connectivity index (χ2n) is 12.9. The lowest BCUT2D eigenvalue weighted by Gasteiger charge is -2.53. The quantitative estimate of drug-likeness (QED) is 0.568. The molecule has 0 radical (unpaired) electrons. The van der Waals surface area contributed by atoms with Gasteiger partial charge in [-0.05, 0) is 113 Å². The number of hydrogen-bond acceptors (Lipinski definition) is 5. The highest BCUT2D eigenvalue weighted by molar-refractivity contribution is 6.00. The predicted octanol–water partition coefficient (Wildman–Crippen LogP) is 3.26. The average molecular weight is 522 g/mol. The van der Waals surface area contributed by atoms with E-state index in [2.05, 4.69) is 16.3 Å². The number of nitrogens with two attached hydrogens (primary N) is 1. The number of hydrogen-bond donors (Lipinski definition) is 2. The molecule has 1 aromatic carbocycles. The van der Waals surface area contributed by atoms with Crippen molar-refractivity contribution in [3.8, 4) is 0 Å². The number of fused-ring (bicyclic) bond motifs is 1. The summed E-state index contributed by atoms with van der Waals surface area (Å²) in [7, 11) is 1.80. The van der Waals surface area contributed by atoms with Crippen LogP contribution in [0.4, 0.5) is 0 Å². The molecule has 2 aliphatic carbocycles. The minimum Gasteiger partial charge on any atom is -0.328 e. The molecule has 1 atom stereocenters. The Hall–Kier alpha value is -2.45. The van der Waals surface area contributed by atoms with E-state index in [-0.39, 0.29) is 23.9 Å². The van der Waals surface area contributed by atoms with Gasteiger partial charge in [0.05, 0.1) is 11.0 Å². The molecule has 3 N–H and O–H groups in total. The number of imide groups is 1. The Morgan fingerprint density at radius 1 is 1.00 bits per heavy atom. The summed E-state index contributed by atoms with van der Waals surface area (Å²) in [5.74, 6) is 0.959. The first-order valence-corrected chi connectivity index (χ1v) is 14.8. The molecule has 3 heterocycles. The maximum atomic E-state index is 13.2. The maximum absolute atomic E-state index is 13.2. The molecule has 0 bridgehead atoms. The molecule has 1 spiro atoms. The van der Waals surface area contributed by atoms with Crippen molar-refractivity contribution in [1.82, 2.24) is 19.4 Å². The monoisotopic (exact) mass is 521 g/mol. The van der Waals surface area contributed by atoms with Crippen molar-refractivity contribution < 1.29 is 9.59 Å². The van der Waals surface area contributed by atoms with Gasteiger partial charge in [-0.1, -0.05) is 12.1 Å². The number of carbonyl (C=O) groups is 2. The number of piperidine rings is 2. The van der Waals surface area contributed by atoms with Gasteiger partial charge in [0, 0.05) is 26.1 Å². The smallest absolute Gasteiger partial charge is 0.328 e. The van der Waals surface area contributed by atoms with Crippen molar-refractivity contribution in [2.45, 2.75) is 89.1 Å². The van der Waals surface area contributed by atoms with Crippen LogP contribution in [0.15, 0.2) is 23.0 Å². The van der Waals surface area contributed by atoms with Gasteiger partial charge in [0.1, 0.15) is 6.04 Å². The third-order valence-electron chi connectivity index (χ3n) is 10.3. The number of rotatable bonds is 6. The van der Waals surface area contributed by atoms with Gasteiger partial charge in [0.2, 0.25) is 11.8 Å². The number of aryl methyl sites for hydroxylation is 2. The number of para-hydroxylation sites is 1. The zero-order chi connectivity index (χ0) is 26.4. The summed E-state index contributed by atoms with van der Waals surface area (Å²) >= 11 is 0. The first-order chi connectivity index (χ1) is 18.3. The number of nitrogens with one attached hydrogen (secondary N) is 1. The molecule has 1 unspecified atom stereocenters. The fourth-order valence-corrected chi connectivity index (χ4v) is 8.03. The number of aromatic nitrogens is 2. The van der Waals surface area contributed by atoms with Crippen molar-refractivity contribution in [2.75, 3.05) is 19.6 Å². The van der Waals surface area contributed by atoms with E-state index in [9.17, 15) is 14.4 Å². The number of likely N-dealkylation sites (tertiary alicyclic amines) is 1. The van der Waals surface area contributed by atoms with Gasteiger partial charge >= 0.3 is 5.69 Å². The van der Waals surface area contributed by atoms with Crippen molar-refractivity contribution in [1.29, 1.82) is 0 Å². The Kier molecular flexibility index (Phi) is 6.97. The van der Waals surface area contributed by atoms with E-state index in [1.807, 2.05) is 12.1 Å². The van der Waals surface area contributed by atoms with Gasteiger partial charge in [-0.2, -0.15) is 0 Å². The molecule has 6 rings (SSSR count). The summed E-state index contributed by atoms with van der Waals surface area (Å²) < 4.78 is 3.28. The van der Waals surface area contributed by atoms with Crippen molar-refractivity contribution in [3.63, 3.8) is 0 Å². The lowest BCUT2D eigenvalue weighted by molar-refractivity contribution is -0.135. The fourth-order valence-electron chi connectivity index (χ4n) is 8.03. The Labute approximate surface area is 224 Å². The van der Waals surface area contributed by atoms with E-state index >= 15 is 0 Å². The summed E-state index contributed by atoms with van der Waals surface area (Å²) in [5.41, 5.74) is 9.36. The van der Waals surface area contributed by atoms with Crippen LogP contribution in [0.1, 0.15) is 82.2 Å². The third kappa shape index (κ3) is 4.86. The highest BCUT2D eigenvalue weighted by atomic mass is 16.2. The van der Waals surface area contributed by atoms with E-state index in [1.54, 1.807) is 16.2 Å². The van der Waals surface area contributed by atoms with E-state index < -0.39 is 6.04 Å². The summed E-state index contributed by atoms with van der Waals surface area (Å²) in [6, 6.07) is 5.86.